The Bertz CT molecular complexity index is 533. The van der Waals surface area contributed by atoms with E-state index in [0.717, 1.165) is 11.3 Å². The molecule has 1 aromatic heterocycles. The third kappa shape index (κ3) is 5.24. The van der Waals surface area contributed by atoms with Crippen molar-refractivity contribution >= 4 is 23.8 Å². The second kappa shape index (κ2) is 7.35. The van der Waals surface area contributed by atoms with E-state index >= 15 is 0 Å². The Morgan fingerprint density at radius 2 is 1.91 bits per heavy atom. The highest BCUT2D eigenvalue weighted by atomic mass is 32.2. The van der Waals surface area contributed by atoms with Crippen LogP contribution in [0.1, 0.15) is 33.6 Å². The molecule has 0 unspecified atom stereocenters. The van der Waals surface area contributed by atoms with Gasteiger partial charge in [0.25, 0.3) is 0 Å². The standard InChI is InChI=1S/C15H24N4O3S/c1-15(2,3)22-14(21)19-11-6-5-10(12(11)20)18-13-16-7-9(23-4)8-17-13/h7-8,10-12,20H,5-6H2,1-4H3,(H,19,21)(H,16,17,18)/t10-,11-,12+/m0/s1. The van der Waals surface area contributed by atoms with Crippen LogP contribution in [-0.2, 0) is 4.74 Å². The number of hydrogen-bond acceptors (Lipinski definition) is 7. The Labute approximate surface area is 140 Å². The molecule has 3 N–H and O–H groups in total. The molecule has 0 aromatic carbocycles. The molecule has 1 aromatic rings. The summed E-state index contributed by atoms with van der Waals surface area (Å²) >= 11 is 1.57. The molecule has 1 heterocycles. The molecule has 23 heavy (non-hydrogen) atoms. The fourth-order valence-corrected chi connectivity index (χ4v) is 2.73. The maximum atomic E-state index is 11.8. The van der Waals surface area contributed by atoms with Gasteiger partial charge < -0.3 is 20.5 Å². The van der Waals surface area contributed by atoms with Crippen molar-refractivity contribution in [1.29, 1.82) is 0 Å². The van der Waals surface area contributed by atoms with Gasteiger partial charge in [0.2, 0.25) is 5.95 Å². The molecule has 1 aliphatic rings. The first-order valence-corrected chi connectivity index (χ1v) is 8.81. The van der Waals surface area contributed by atoms with Crippen LogP contribution in [0.25, 0.3) is 0 Å². The minimum absolute atomic E-state index is 0.199. The second-order valence-electron chi connectivity index (χ2n) is 6.52. The van der Waals surface area contributed by atoms with Gasteiger partial charge in [-0.25, -0.2) is 14.8 Å². The molecule has 1 saturated carbocycles. The van der Waals surface area contributed by atoms with Crippen molar-refractivity contribution in [3.05, 3.63) is 12.4 Å². The van der Waals surface area contributed by atoms with Crippen LogP contribution in [-0.4, -0.2) is 51.2 Å². The minimum atomic E-state index is -0.716. The fraction of sp³-hybridized carbons (Fsp3) is 0.667. The maximum absolute atomic E-state index is 11.8. The quantitative estimate of drug-likeness (QED) is 0.722. The molecule has 3 atom stereocenters. The van der Waals surface area contributed by atoms with E-state index in [2.05, 4.69) is 20.6 Å². The third-order valence-corrected chi connectivity index (χ3v) is 4.18. The van der Waals surface area contributed by atoms with Crippen LogP contribution in [0.3, 0.4) is 0 Å². The number of amides is 1. The van der Waals surface area contributed by atoms with E-state index in [4.69, 9.17) is 4.74 Å². The lowest BCUT2D eigenvalue weighted by Crippen LogP contribution is -2.46. The number of thioether (sulfide) groups is 1. The second-order valence-corrected chi connectivity index (χ2v) is 7.40. The van der Waals surface area contributed by atoms with E-state index in [1.54, 1.807) is 44.9 Å². The van der Waals surface area contributed by atoms with E-state index in [0.29, 0.717) is 12.4 Å². The zero-order chi connectivity index (χ0) is 17.0. The molecular weight excluding hydrogens is 316 g/mol. The number of rotatable bonds is 4. The summed E-state index contributed by atoms with van der Waals surface area (Å²) < 4.78 is 5.22. The topological polar surface area (TPSA) is 96.4 Å². The van der Waals surface area contributed by atoms with E-state index in [9.17, 15) is 9.90 Å². The van der Waals surface area contributed by atoms with Gasteiger partial charge in [0.15, 0.2) is 0 Å². The molecule has 0 aliphatic heterocycles. The number of alkyl carbamates (subject to hydrolysis) is 1. The highest BCUT2D eigenvalue weighted by Gasteiger charge is 2.36. The van der Waals surface area contributed by atoms with Crippen LogP contribution in [0.2, 0.25) is 0 Å². The number of nitrogens with one attached hydrogen (secondary N) is 2. The van der Waals surface area contributed by atoms with Crippen LogP contribution < -0.4 is 10.6 Å². The number of aliphatic hydroxyl groups is 1. The number of anilines is 1. The smallest absolute Gasteiger partial charge is 0.407 e. The Hall–Kier alpha value is -1.54. The van der Waals surface area contributed by atoms with Crippen molar-refractivity contribution in [1.82, 2.24) is 15.3 Å². The van der Waals surface area contributed by atoms with Gasteiger partial charge in [-0.15, -0.1) is 11.8 Å². The van der Waals surface area contributed by atoms with Gasteiger partial charge in [-0.05, 0) is 39.9 Å². The molecule has 8 heteroatoms. The SMILES string of the molecule is CSc1cnc(N[C@H]2CC[C@H](NC(=O)OC(C)(C)C)[C@@H]2O)nc1. The van der Waals surface area contributed by atoms with Crippen molar-refractivity contribution in [2.24, 2.45) is 0 Å². The lowest BCUT2D eigenvalue weighted by Gasteiger charge is -2.24. The Kier molecular flexibility index (Phi) is 5.69. The van der Waals surface area contributed by atoms with Gasteiger partial charge in [-0.3, -0.25) is 0 Å². The zero-order valence-electron chi connectivity index (χ0n) is 13.9. The van der Waals surface area contributed by atoms with Gasteiger partial charge in [0, 0.05) is 17.3 Å². The molecule has 0 spiro atoms. The van der Waals surface area contributed by atoms with Crippen LogP contribution in [0.4, 0.5) is 10.7 Å². The van der Waals surface area contributed by atoms with E-state index in [-0.39, 0.29) is 12.1 Å². The van der Waals surface area contributed by atoms with E-state index < -0.39 is 17.8 Å². The van der Waals surface area contributed by atoms with Crippen molar-refractivity contribution in [3.63, 3.8) is 0 Å². The highest BCUT2D eigenvalue weighted by molar-refractivity contribution is 7.98. The van der Waals surface area contributed by atoms with Crippen molar-refractivity contribution in [2.45, 2.75) is 62.3 Å². The minimum Gasteiger partial charge on any atom is -0.444 e. The largest absolute Gasteiger partial charge is 0.444 e. The zero-order valence-corrected chi connectivity index (χ0v) is 14.7. The first kappa shape index (κ1) is 17.8. The number of aromatic nitrogens is 2. The first-order chi connectivity index (χ1) is 10.8. The Morgan fingerprint density at radius 3 is 2.48 bits per heavy atom. The predicted octanol–water partition coefficient (Wildman–Crippen LogP) is 2.03. The summed E-state index contributed by atoms with van der Waals surface area (Å²) in [7, 11) is 0. The molecule has 1 fully saturated rings. The van der Waals surface area contributed by atoms with Gasteiger partial charge in [-0.2, -0.15) is 0 Å². The summed E-state index contributed by atoms with van der Waals surface area (Å²) in [6.45, 7) is 5.41. The molecule has 2 rings (SSSR count). The third-order valence-electron chi connectivity index (χ3n) is 3.49. The van der Waals surface area contributed by atoms with Gasteiger partial charge in [-0.1, -0.05) is 0 Å². The summed E-state index contributed by atoms with van der Waals surface area (Å²) in [5, 5.41) is 16.2. The van der Waals surface area contributed by atoms with Gasteiger partial charge in [0.05, 0.1) is 18.2 Å². The van der Waals surface area contributed by atoms with Crippen LogP contribution >= 0.6 is 11.8 Å². The summed E-state index contributed by atoms with van der Waals surface area (Å²) in [6.07, 6.45) is 5.58. The number of ether oxygens (including phenoxy) is 1. The predicted molar refractivity (Wildman–Crippen MR) is 89.6 cm³/mol. The highest BCUT2D eigenvalue weighted by Crippen LogP contribution is 2.23. The fourth-order valence-electron chi connectivity index (χ4n) is 2.42. The van der Waals surface area contributed by atoms with Gasteiger partial charge in [0.1, 0.15) is 5.60 Å². The number of nitrogens with zero attached hydrogens (tertiary/aromatic N) is 2. The Morgan fingerprint density at radius 1 is 1.30 bits per heavy atom. The van der Waals surface area contributed by atoms with E-state index in [1.807, 2.05) is 6.26 Å². The summed E-state index contributed by atoms with van der Waals surface area (Å²) in [5.41, 5.74) is -0.557. The first-order valence-electron chi connectivity index (χ1n) is 7.58. The monoisotopic (exact) mass is 340 g/mol. The molecule has 0 radical (unpaired) electrons. The normalized spacial score (nSPS) is 24.3. The summed E-state index contributed by atoms with van der Waals surface area (Å²) in [4.78, 5) is 21.2. The van der Waals surface area contributed by atoms with Gasteiger partial charge >= 0.3 is 6.09 Å². The molecule has 0 bridgehead atoms. The van der Waals surface area contributed by atoms with Crippen molar-refractivity contribution in [2.75, 3.05) is 11.6 Å². The number of aliphatic hydroxyl groups excluding tert-OH is 1. The average molecular weight is 340 g/mol. The molecule has 1 aliphatic carbocycles. The van der Waals surface area contributed by atoms with E-state index in [1.165, 1.54) is 0 Å². The van der Waals surface area contributed by atoms with Crippen LogP contribution in [0, 0.1) is 0 Å². The average Bonchev–Trinajstić information content (AvgIpc) is 2.79. The Balaban J connectivity index is 1.88. The summed E-state index contributed by atoms with van der Waals surface area (Å²) in [6, 6.07) is -0.539. The molecule has 1 amide bonds. The molecule has 0 saturated heterocycles. The maximum Gasteiger partial charge on any atom is 0.407 e. The lowest BCUT2D eigenvalue weighted by atomic mass is 10.2. The number of hydrogen-bond donors (Lipinski definition) is 3. The molecule has 128 valence electrons. The lowest BCUT2D eigenvalue weighted by molar-refractivity contribution is 0.0445. The van der Waals surface area contributed by atoms with Crippen molar-refractivity contribution in [3.8, 4) is 0 Å². The number of carbonyl (C=O) groups is 1. The van der Waals surface area contributed by atoms with Crippen molar-refractivity contribution < 1.29 is 14.6 Å². The number of carbonyl (C=O) groups excluding carboxylic acids is 1. The molecule has 7 nitrogen and oxygen atoms in total. The van der Waals surface area contributed by atoms with Crippen LogP contribution in [0.15, 0.2) is 17.3 Å². The van der Waals surface area contributed by atoms with Crippen LogP contribution in [0.5, 0.6) is 0 Å². The summed E-state index contributed by atoms with van der Waals surface area (Å²) in [5.74, 6) is 0.477. The molecular formula is C15H24N4O3S.